The molecule has 2 rings (SSSR count). The molecule has 0 spiro atoms. The molecular weight excluding hydrogens is 322 g/mol. The molecule has 0 aliphatic rings. The van der Waals surface area contributed by atoms with E-state index in [1.165, 1.54) is 17.3 Å². The lowest BCUT2D eigenvalue weighted by Crippen LogP contribution is -2.18. The maximum Gasteiger partial charge on any atom is 0.267 e. The van der Waals surface area contributed by atoms with Crippen LogP contribution in [0.25, 0.3) is 0 Å². The predicted molar refractivity (Wildman–Crippen MR) is 106 cm³/mol. The van der Waals surface area contributed by atoms with Crippen molar-refractivity contribution >= 4 is 11.6 Å². The fraction of sp³-hybridized carbons (Fsp3) is 0.273. The summed E-state index contributed by atoms with van der Waals surface area (Å²) in [5.74, 6) is -0.402. The Morgan fingerprint density at radius 1 is 1.04 bits per heavy atom. The van der Waals surface area contributed by atoms with Crippen LogP contribution >= 0.6 is 0 Å². The molecule has 0 bridgehead atoms. The number of carbonyl (C=O) groups excluding carboxylic acids is 1. The van der Waals surface area contributed by atoms with Gasteiger partial charge in [-0.25, -0.2) is 0 Å². The van der Waals surface area contributed by atoms with E-state index in [0.29, 0.717) is 12.2 Å². The third-order valence-electron chi connectivity index (χ3n) is 4.04. The molecule has 2 aromatic carbocycles. The van der Waals surface area contributed by atoms with Crippen LogP contribution in [0.5, 0.6) is 0 Å². The lowest BCUT2D eigenvalue weighted by Gasteiger charge is -2.07. The third-order valence-corrected chi connectivity index (χ3v) is 4.04. The van der Waals surface area contributed by atoms with Crippen LogP contribution in [0.2, 0.25) is 0 Å². The van der Waals surface area contributed by atoms with Crippen molar-refractivity contribution in [2.24, 2.45) is 0 Å². The summed E-state index contributed by atoms with van der Waals surface area (Å²) in [5, 5.41) is 15.0. The molecule has 0 fully saturated rings. The molecule has 1 amide bonds. The van der Waals surface area contributed by atoms with E-state index in [1.54, 1.807) is 0 Å². The summed E-state index contributed by atoms with van der Waals surface area (Å²) in [6, 6.07) is 19.8. The number of hydrogen-bond acceptors (Lipinski definition) is 3. The highest BCUT2D eigenvalue weighted by molar-refractivity contribution is 6.06. The summed E-state index contributed by atoms with van der Waals surface area (Å²) < 4.78 is 0. The van der Waals surface area contributed by atoms with Gasteiger partial charge < -0.3 is 10.6 Å². The van der Waals surface area contributed by atoms with Gasteiger partial charge in [-0.2, -0.15) is 5.26 Å². The molecule has 4 nitrogen and oxygen atoms in total. The van der Waals surface area contributed by atoms with Gasteiger partial charge in [0.25, 0.3) is 5.91 Å². The second-order valence-electron chi connectivity index (χ2n) is 6.11. The van der Waals surface area contributed by atoms with Crippen LogP contribution in [0.15, 0.2) is 66.4 Å². The number of unbranched alkanes of at least 4 members (excludes halogenated alkanes) is 1. The highest BCUT2D eigenvalue weighted by atomic mass is 16.1. The fourth-order valence-electron chi connectivity index (χ4n) is 2.52. The van der Waals surface area contributed by atoms with Crippen LogP contribution in [0.4, 0.5) is 5.69 Å². The zero-order valence-corrected chi connectivity index (χ0v) is 15.2. The summed E-state index contributed by atoms with van der Waals surface area (Å²) in [5.41, 5.74) is 3.22. The zero-order chi connectivity index (χ0) is 18.6. The van der Waals surface area contributed by atoms with Crippen LogP contribution in [0.1, 0.15) is 30.9 Å². The quantitative estimate of drug-likeness (QED) is 0.406. The first kappa shape index (κ1) is 19.3. The molecular formula is C22H25N3O. The molecule has 0 aliphatic heterocycles. The third kappa shape index (κ3) is 6.45. The maximum atomic E-state index is 12.2. The van der Waals surface area contributed by atoms with Crippen LogP contribution in [-0.4, -0.2) is 12.5 Å². The van der Waals surface area contributed by atoms with Gasteiger partial charge in [-0.05, 0) is 42.5 Å². The van der Waals surface area contributed by atoms with Crippen LogP contribution in [0.3, 0.4) is 0 Å². The van der Waals surface area contributed by atoms with E-state index in [2.05, 4.69) is 17.6 Å². The standard InChI is InChI=1S/C22H25N3O/c1-2-3-7-19-10-12-21(13-11-19)25-22(26)20(16-23)17-24-15-14-18-8-5-4-6-9-18/h4-6,8-13,17,24H,2-3,7,14-15H2,1H3,(H,25,26)/b20-17-. The smallest absolute Gasteiger partial charge is 0.267 e. The normalized spacial score (nSPS) is 10.8. The monoisotopic (exact) mass is 347 g/mol. The number of hydrogen-bond donors (Lipinski definition) is 2. The van der Waals surface area contributed by atoms with Gasteiger partial charge in [0.1, 0.15) is 11.6 Å². The van der Waals surface area contributed by atoms with Gasteiger partial charge in [-0.15, -0.1) is 0 Å². The molecule has 0 heterocycles. The molecule has 0 aromatic heterocycles. The average Bonchev–Trinajstić information content (AvgIpc) is 2.68. The second-order valence-corrected chi connectivity index (χ2v) is 6.11. The number of nitriles is 1. The number of nitrogens with one attached hydrogen (secondary N) is 2. The molecule has 2 aromatic rings. The van der Waals surface area contributed by atoms with Crippen molar-refractivity contribution in [3.05, 3.63) is 77.5 Å². The van der Waals surface area contributed by atoms with E-state index in [0.717, 1.165) is 25.7 Å². The van der Waals surface area contributed by atoms with Crippen molar-refractivity contribution in [2.45, 2.75) is 32.6 Å². The van der Waals surface area contributed by atoms with Crippen LogP contribution in [-0.2, 0) is 17.6 Å². The number of rotatable bonds is 9. The van der Waals surface area contributed by atoms with E-state index in [1.807, 2.05) is 60.7 Å². The summed E-state index contributed by atoms with van der Waals surface area (Å²) >= 11 is 0. The van der Waals surface area contributed by atoms with Crippen molar-refractivity contribution < 1.29 is 4.79 Å². The predicted octanol–water partition coefficient (Wildman–Crippen LogP) is 4.21. The van der Waals surface area contributed by atoms with Gasteiger partial charge in [0.05, 0.1) is 0 Å². The van der Waals surface area contributed by atoms with Crippen LogP contribution < -0.4 is 10.6 Å². The molecule has 134 valence electrons. The van der Waals surface area contributed by atoms with Gasteiger partial charge in [-0.3, -0.25) is 4.79 Å². The Balaban J connectivity index is 1.84. The lowest BCUT2D eigenvalue weighted by atomic mass is 10.1. The van der Waals surface area contributed by atoms with Crippen molar-refractivity contribution in [1.82, 2.24) is 5.32 Å². The maximum absolute atomic E-state index is 12.2. The molecule has 0 atom stereocenters. The summed E-state index contributed by atoms with van der Waals surface area (Å²) in [6.45, 7) is 2.83. The molecule has 0 aliphatic carbocycles. The largest absolute Gasteiger partial charge is 0.389 e. The van der Waals surface area contributed by atoms with E-state index < -0.39 is 5.91 Å². The van der Waals surface area contributed by atoms with Crippen molar-refractivity contribution in [3.8, 4) is 6.07 Å². The second kappa shape index (κ2) is 10.7. The molecule has 4 heteroatoms. The first-order valence-corrected chi connectivity index (χ1v) is 9.00. The van der Waals surface area contributed by atoms with Crippen molar-refractivity contribution in [2.75, 3.05) is 11.9 Å². The minimum atomic E-state index is -0.402. The van der Waals surface area contributed by atoms with Gasteiger partial charge in [0.15, 0.2) is 0 Å². The van der Waals surface area contributed by atoms with Gasteiger partial charge >= 0.3 is 0 Å². The number of nitrogens with zero attached hydrogens (tertiary/aromatic N) is 1. The Labute approximate surface area is 155 Å². The summed E-state index contributed by atoms with van der Waals surface area (Å²) in [7, 11) is 0. The number of benzene rings is 2. The molecule has 0 saturated heterocycles. The molecule has 0 unspecified atom stereocenters. The molecule has 26 heavy (non-hydrogen) atoms. The van der Waals surface area contributed by atoms with E-state index >= 15 is 0 Å². The summed E-state index contributed by atoms with van der Waals surface area (Å²) in [6.07, 6.45) is 5.66. The molecule has 0 saturated carbocycles. The first-order chi connectivity index (χ1) is 12.7. The minimum absolute atomic E-state index is 0.0631. The lowest BCUT2D eigenvalue weighted by molar-refractivity contribution is -0.112. The number of anilines is 1. The Morgan fingerprint density at radius 2 is 1.73 bits per heavy atom. The summed E-state index contributed by atoms with van der Waals surface area (Å²) in [4.78, 5) is 12.2. The molecule has 2 N–H and O–H groups in total. The van der Waals surface area contributed by atoms with Crippen molar-refractivity contribution in [3.63, 3.8) is 0 Å². The Morgan fingerprint density at radius 3 is 2.38 bits per heavy atom. The fourth-order valence-corrected chi connectivity index (χ4v) is 2.52. The number of carbonyl (C=O) groups is 1. The minimum Gasteiger partial charge on any atom is -0.389 e. The highest BCUT2D eigenvalue weighted by Crippen LogP contribution is 2.12. The van der Waals surface area contributed by atoms with Gasteiger partial charge in [0.2, 0.25) is 0 Å². The van der Waals surface area contributed by atoms with Gasteiger partial charge in [0, 0.05) is 18.4 Å². The van der Waals surface area contributed by atoms with E-state index in [-0.39, 0.29) is 5.57 Å². The topological polar surface area (TPSA) is 64.9 Å². The van der Waals surface area contributed by atoms with E-state index in [9.17, 15) is 10.1 Å². The van der Waals surface area contributed by atoms with E-state index in [4.69, 9.17) is 0 Å². The highest BCUT2D eigenvalue weighted by Gasteiger charge is 2.09. The van der Waals surface area contributed by atoms with Crippen LogP contribution in [0, 0.1) is 11.3 Å². The Bertz CT molecular complexity index is 758. The zero-order valence-electron chi connectivity index (χ0n) is 15.2. The molecule has 0 radical (unpaired) electrons. The Kier molecular flexibility index (Phi) is 7.95. The number of amides is 1. The Hall–Kier alpha value is -3.06. The number of aryl methyl sites for hydroxylation is 1. The van der Waals surface area contributed by atoms with Crippen molar-refractivity contribution in [1.29, 1.82) is 5.26 Å². The first-order valence-electron chi connectivity index (χ1n) is 9.00. The SMILES string of the molecule is CCCCc1ccc(NC(=O)/C(C#N)=C\NCCc2ccccc2)cc1. The van der Waals surface area contributed by atoms with Gasteiger partial charge in [-0.1, -0.05) is 55.8 Å². The average molecular weight is 347 g/mol.